The third kappa shape index (κ3) is 3.80. The van der Waals surface area contributed by atoms with Crippen LogP contribution in [-0.2, 0) is 11.3 Å². The molecular weight excluding hydrogens is 280 g/mol. The van der Waals surface area contributed by atoms with Crippen LogP contribution < -0.4 is 10.6 Å². The minimum Gasteiger partial charge on any atom is -0.378 e. The number of hydrogen-bond acceptors (Lipinski definition) is 3. The average Bonchev–Trinajstić information content (AvgIpc) is 3.16. The van der Waals surface area contributed by atoms with Crippen molar-refractivity contribution in [3.63, 3.8) is 0 Å². The molecule has 22 heavy (non-hydrogen) atoms. The summed E-state index contributed by atoms with van der Waals surface area (Å²) in [5.74, 6) is 0.848. The molecule has 2 fully saturated rings. The molecular formula is C16H26N4O2. The lowest BCUT2D eigenvalue weighted by Gasteiger charge is -2.33. The molecule has 2 N–H and O–H groups in total. The van der Waals surface area contributed by atoms with Crippen molar-refractivity contribution in [2.75, 3.05) is 13.2 Å². The normalized spacial score (nSPS) is 28.9. The SMILES string of the molecule is C[C@H](CNC(=O)N[C@@H]1CCC[C@H]2OCC[C@H]12)Cn1cccn1. The second-order valence-corrected chi connectivity index (χ2v) is 6.59. The Bertz CT molecular complexity index is 477. The van der Waals surface area contributed by atoms with Gasteiger partial charge in [0.2, 0.25) is 0 Å². The first kappa shape index (κ1) is 15.3. The maximum Gasteiger partial charge on any atom is 0.315 e. The lowest BCUT2D eigenvalue weighted by Crippen LogP contribution is -2.49. The topological polar surface area (TPSA) is 68.2 Å². The molecule has 1 aliphatic heterocycles. The zero-order valence-corrected chi connectivity index (χ0v) is 13.2. The van der Waals surface area contributed by atoms with Crippen molar-refractivity contribution in [3.8, 4) is 0 Å². The van der Waals surface area contributed by atoms with Crippen LogP contribution in [0.4, 0.5) is 4.79 Å². The predicted molar refractivity (Wildman–Crippen MR) is 83.4 cm³/mol. The molecule has 4 atom stereocenters. The number of nitrogens with zero attached hydrogens (tertiary/aromatic N) is 2. The van der Waals surface area contributed by atoms with Crippen molar-refractivity contribution in [1.29, 1.82) is 0 Å². The zero-order valence-electron chi connectivity index (χ0n) is 13.2. The molecule has 6 nitrogen and oxygen atoms in total. The standard InChI is InChI=1S/C16H26N4O2/c1-12(11-20-8-3-7-18-20)10-17-16(21)19-14-4-2-5-15-13(14)6-9-22-15/h3,7-8,12-15H,2,4-6,9-11H2,1H3,(H2,17,19,21)/t12-,13-,14-,15-/m1/s1. The first-order valence-corrected chi connectivity index (χ1v) is 8.36. The molecule has 3 rings (SSSR count). The van der Waals surface area contributed by atoms with Crippen LogP contribution in [0.1, 0.15) is 32.6 Å². The smallest absolute Gasteiger partial charge is 0.315 e. The Labute approximate surface area is 131 Å². The van der Waals surface area contributed by atoms with Gasteiger partial charge in [-0.1, -0.05) is 6.92 Å². The van der Waals surface area contributed by atoms with Gasteiger partial charge in [-0.2, -0.15) is 5.10 Å². The number of amides is 2. The van der Waals surface area contributed by atoms with Gasteiger partial charge in [-0.15, -0.1) is 0 Å². The number of ether oxygens (including phenoxy) is 1. The first-order chi connectivity index (χ1) is 10.7. The van der Waals surface area contributed by atoms with Crippen molar-refractivity contribution in [3.05, 3.63) is 18.5 Å². The zero-order chi connectivity index (χ0) is 15.4. The van der Waals surface area contributed by atoms with E-state index in [1.807, 2.05) is 16.9 Å². The summed E-state index contributed by atoms with van der Waals surface area (Å²) >= 11 is 0. The van der Waals surface area contributed by atoms with Gasteiger partial charge in [0.15, 0.2) is 0 Å². The van der Waals surface area contributed by atoms with Gasteiger partial charge in [-0.3, -0.25) is 4.68 Å². The van der Waals surface area contributed by atoms with Gasteiger partial charge in [0, 0.05) is 44.0 Å². The van der Waals surface area contributed by atoms with Gasteiger partial charge in [0.1, 0.15) is 0 Å². The third-order valence-corrected chi connectivity index (χ3v) is 4.77. The van der Waals surface area contributed by atoms with Gasteiger partial charge in [0.05, 0.1) is 6.10 Å². The van der Waals surface area contributed by atoms with E-state index < -0.39 is 0 Å². The number of carbonyl (C=O) groups excluding carboxylic acids is 1. The molecule has 1 saturated heterocycles. The second-order valence-electron chi connectivity index (χ2n) is 6.59. The van der Waals surface area contributed by atoms with Crippen LogP contribution in [0.5, 0.6) is 0 Å². The van der Waals surface area contributed by atoms with Crippen molar-refractivity contribution in [1.82, 2.24) is 20.4 Å². The molecule has 0 aromatic carbocycles. The van der Waals surface area contributed by atoms with Crippen LogP contribution in [0, 0.1) is 11.8 Å². The number of nitrogens with one attached hydrogen (secondary N) is 2. The Morgan fingerprint density at radius 2 is 2.36 bits per heavy atom. The minimum atomic E-state index is -0.0511. The van der Waals surface area contributed by atoms with Gasteiger partial charge in [-0.05, 0) is 37.7 Å². The molecule has 0 spiro atoms. The third-order valence-electron chi connectivity index (χ3n) is 4.77. The van der Waals surface area contributed by atoms with Crippen molar-refractivity contribution >= 4 is 6.03 Å². The first-order valence-electron chi connectivity index (χ1n) is 8.36. The van der Waals surface area contributed by atoms with E-state index in [0.29, 0.717) is 24.5 Å². The predicted octanol–water partition coefficient (Wildman–Crippen LogP) is 1.78. The summed E-state index contributed by atoms with van der Waals surface area (Å²) in [5.41, 5.74) is 0. The maximum absolute atomic E-state index is 12.1. The van der Waals surface area contributed by atoms with Gasteiger partial charge < -0.3 is 15.4 Å². The Kier molecular flexibility index (Phi) is 4.97. The van der Waals surface area contributed by atoms with Gasteiger partial charge >= 0.3 is 6.03 Å². The van der Waals surface area contributed by atoms with E-state index in [4.69, 9.17) is 4.74 Å². The Morgan fingerprint density at radius 1 is 1.45 bits per heavy atom. The van der Waals surface area contributed by atoms with Crippen molar-refractivity contribution < 1.29 is 9.53 Å². The van der Waals surface area contributed by atoms with Crippen LogP contribution in [0.25, 0.3) is 0 Å². The van der Waals surface area contributed by atoms with Crippen LogP contribution in [0.15, 0.2) is 18.5 Å². The number of fused-ring (bicyclic) bond motifs is 1. The van der Waals surface area contributed by atoms with Crippen LogP contribution in [-0.4, -0.2) is 41.1 Å². The molecule has 0 bridgehead atoms. The molecule has 122 valence electrons. The van der Waals surface area contributed by atoms with E-state index in [-0.39, 0.29) is 12.1 Å². The van der Waals surface area contributed by atoms with E-state index in [9.17, 15) is 4.79 Å². The quantitative estimate of drug-likeness (QED) is 0.871. The average molecular weight is 306 g/mol. The molecule has 6 heteroatoms. The summed E-state index contributed by atoms with van der Waals surface area (Å²) in [5, 5.41) is 10.3. The lowest BCUT2D eigenvalue weighted by atomic mass is 9.82. The molecule has 0 radical (unpaired) electrons. The second kappa shape index (κ2) is 7.13. The van der Waals surface area contributed by atoms with Crippen molar-refractivity contribution in [2.24, 2.45) is 11.8 Å². The van der Waals surface area contributed by atoms with E-state index in [0.717, 1.165) is 38.8 Å². The lowest BCUT2D eigenvalue weighted by molar-refractivity contribution is 0.0549. The Hall–Kier alpha value is -1.56. The Balaban J connectivity index is 1.40. The highest BCUT2D eigenvalue weighted by atomic mass is 16.5. The summed E-state index contributed by atoms with van der Waals surface area (Å²) in [6.45, 7) is 4.43. The number of carbonyl (C=O) groups is 1. The highest BCUT2D eigenvalue weighted by molar-refractivity contribution is 5.74. The molecule has 0 unspecified atom stereocenters. The summed E-state index contributed by atoms with van der Waals surface area (Å²) in [7, 11) is 0. The highest BCUT2D eigenvalue weighted by Gasteiger charge is 2.38. The number of rotatable bonds is 5. The number of urea groups is 1. The van der Waals surface area contributed by atoms with Crippen LogP contribution in [0.2, 0.25) is 0 Å². The van der Waals surface area contributed by atoms with Crippen LogP contribution >= 0.6 is 0 Å². The summed E-state index contributed by atoms with van der Waals surface area (Å²) < 4.78 is 7.64. The summed E-state index contributed by atoms with van der Waals surface area (Å²) in [6.07, 6.45) is 8.51. The van der Waals surface area contributed by atoms with E-state index >= 15 is 0 Å². The summed E-state index contributed by atoms with van der Waals surface area (Å²) in [6, 6.07) is 2.13. The largest absolute Gasteiger partial charge is 0.378 e. The Morgan fingerprint density at radius 3 is 3.18 bits per heavy atom. The molecule has 1 aromatic heterocycles. The van der Waals surface area contributed by atoms with Crippen LogP contribution in [0.3, 0.4) is 0 Å². The molecule has 2 heterocycles. The monoisotopic (exact) mass is 306 g/mol. The molecule has 2 aliphatic rings. The van der Waals surface area contributed by atoms with Gasteiger partial charge in [0.25, 0.3) is 0 Å². The summed E-state index contributed by atoms with van der Waals surface area (Å²) in [4.78, 5) is 12.1. The number of hydrogen-bond donors (Lipinski definition) is 2. The molecule has 1 saturated carbocycles. The fraction of sp³-hybridized carbons (Fsp3) is 0.750. The molecule has 1 aromatic rings. The van der Waals surface area contributed by atoms with Gasteiger partial charge in [-0.25, -0.2) is 4.79 Å². The highest BCUT2D eigenvalue weighted by Crippen LogP contribution is 2.34. The minimum absolute atomic E-state index is 0.0511. The molecule has 1 aliphatic carbocycles. The fourth-order valence-electron chi connectivity index (χ4n) is 3.63. The maximum atomic E-state index is 12.1. The van der Waals surface area contributed by atoms with E-state index in [1.165, 1.54) is 0 Å². The van der Waals surface area contributed by atoms with E-state index in [2.05, 4.69) is 22.7 Å². The fourth-order valence-corrected chi connectivity index (χ4v) is 3.63. The molecule has 2 amide bonds. The van der Waals surface area contributed by atoms with E-state index in [1.54, 1.807) is 6.20 Å². The number of aromatic nitrogens is 2. The van der Waals surface area contributed by atoms with Crippen molar-refractivity contribution in [2.45, 2.75) is 51.3 Å².